The Labute approximate surface area is 103 Å². The third-order valence-corrected chi connectivity index (χ3v) is 3.83. The number of nitrogens with zero attached hydrogens (tertiary/aromatic N) is 2. The molecule has 0 aromatic carbocycles. The van der Waals surface area contributed by atoms with Gasteiger partial charge in [0.1, 0.15) is 10.3 Å². The Balaban J connectivity index is 2.66. The SMILES string of the molecule is CC(C)(C)n1c(=O)c2cccn2c2sccc21. The average molecular weight is 246 g/mol. The van der Waals surface area contributed by atoms with Crippen molar-refractivity contribution in [2.45, 2.75) is 26.3 Å². The summed E-state index contributed by atoms with van der Waals surface area (Å²) in [4.78, 5) is 13.6. The molecule has 0 aliphatic carbocycles. The van der Waals surface area contributed by atoms with Crippen LogP contribution in [0.2, 0.25) is 0 Å². The van der Waals surface area contributed by atoms with Crippen LogP contribution in [0.15, 0.2) is 34.6 Å². The predicted molar refractivity (Wildman–Crippen MR) is 72.0 cm³/mol. The van der Waals surface area contributed by atoms with Crippen molar-refractivity contribution in [3.05, 3.63) is 40.1 Å². The zero-order chi connectivity index (χ0) is 12.2. The molecule has 3 rings (SSSR count). The van der Waals surface area contributed by atoms with Gasteiger partial charge in [0.05, 0.1) is 5.52 Å². The van der Waals surface area contributed by atoms with Gasteiger partial charge in [-0.15, -0.1) is 11.3 Å². The van der Waals surface area contributed by atoms with E-state index >= 15 is 0 Å². The van der Waals surface area contributed by atoms with Crippen molar-refractivity contribution in [3.63, 3.8) is 0 Å². The molecule has 0 aliphatic heterocycles. The molecule has 3 heterocycles. The smallest absolute Gasteiger partial charge is 0.275 e. The lowest BCUT2D eigenvalue weighted by Gasteiger charge is -2.24. The van der Waals surface area contributed by atoms with Crippen LogP contribution in [0.1, 0.15) is 20.8 Å². The summed E-state index contributed by atoms with van der Waals surface area (Å²) < 4.78 is 3.86. The maximum absolute atomic E-state index is 12.5. The van der Waals surface area contributed by atoms with E-state index in [9.17, 15) is 4.79 Å². The van der Waals surface area contributed by atoms with Crippen molar-refractivity contribution in [2.75, 3.05) is 0 Å². The van der Waals surface area contributed by atoms with E-state index in [0.29, 0.717) is 0 Å². The molecule has 3 nitrogen and oxygen atoms in total. The minimum absolute atomic E-state index is 0.0772. The molecular formula is C13H14N2OS. The van der Waals surface area contributed by atoms with Crippen LogP contribution in [-0.4, -0.2) is 8.97 Å². The van der Waals surface area contributed by atoms with Crippen molar-refractivity contribution in [1.82, 2.24) is 8.97 Å². The fourth-order valence-corrected chi connectivity index (χ4v) is 3.15. The van der Waals surface area contributed by atoms with Crippen LogP contribution in [0.3, 0.4) is 0 Å². The van der Waals surface area contributed by atoms with Crippen molar-refractivity contribution >= 4 is 27.2 Å². The van der Waals surface area contributed by atoms with Gasteiger partial charge in [-0.25, -0.2) is 0 Å². The third-order valence-electron chi connectivity index (χ3n) is 2.93. The molecular weight excluding hydrogens is 232 g/mol. The lowest BCUT2D eigenvalue weighted by atomic mass is 10.1. The van der Waals surface area contributed by atoms with E-state index in [2.05, 4.69) is 20.8 Å². The molecule has 0 saturated carbocycles. The van der Waals surface area contributed by atoms with Gasteiger partial charge < -0.3 is 4.40 Å². The molecule has 0 bridgehead atoms. The second-order valence-corrected chi connectivity index (χ2v) is 6.08. The van der Waals surface area contributed by atoms with Gasteiger partial charge in [-0.3, -0.25) is 9.36 Å². The largest absolute Gasteiger partial charge is 0.302 e. The predicted octanol–water partition coefficient (Wildman–Crippen LogP) is 3.07. The quantitative estimate of drug-likeness (QED) is 0.598. The van der Waals surface area contributed by atoms with Gasteiger partial charge >= 0.3 is 0 Å². The van der Waals surface area contributed by atoms with Gasteiger partial charge in [0, 0.05) is 11.7 Å². The Hall–Kier alpha value is -1.55. The molecule has 0 aliphatic rings. The van der Waals surface area contributed by atoms with Gasteiger partial charge in [-0.1, -0.05) is 0 Å². The Morgan fingerprint density at radius 2 is 1.94 bits per heavy atom. The van der Waals surface area contributed by atoms with Crippen LogP contribution in [0.25, 0.3) is 15.9 Å². The molecule has 4 heteroatoms. The van der Waals surface area contributed by atoms with Crippen LogP contribution in [0, 0.1) is 0 Å². The highest BCUT2D eigenvalue weighted by Gasteiger charge is 2.20. The molecule has 88 valence electrons. The van der Waals surface area contributed by atoms with E-state index in [-0.39, 0.29) is 11.1 Å². The molecule has 0 N–H and O–H groups in total. The van der Waals surface area contributed by atoms with Gasteiger partial charge in [0.2, 0.25) is 0 Å². The Morgan fingerprint density at radius 1 is 1.18 bits per heavy atom. The lowest BCUT2D eigenvalue weighted by Crippen LogP contribution is -2.34. The fourth-order valence-electron chi connectivity index (χ4n) is 2.27. The topological polar surface area (TPSA) is 26.4 Å². The molecule has 0 atom stereocenters. The number of fused-ring (bicyclic) bond motifs is 3. The summed E-state index contributed by atoms with van der Waals surface area (Å²) in [6.07, 6.45) is 1.95. The van der Waals surface area contributed by atoms with Crippen LogP contribution in [0.4, 0.5) is 0 Å². The first-order valence-electron chi connectivity index (χ1n) is 5.60. The molecule has 3 aromatic heterocycles. The number of hydrogen-bond donors (Lipinski definition) is 0. The van der Waals surface area contributed by atoms with Crippen LogP contribution < -0.4 is 5.56 Å². The number of aromatic nitrogens is 2. The van der Waals surface area contributed by atoms with Crippen molar-refractivity contribution in [3.8, 4) is 0 Å². The summed E-state index contributed by atoms with van der Waals surface area (Å²) in [6, 6.07) is 5.82. The highest BCUT2D eigenvalue weighted by molar-refractivity contribution is 7.16. The minimum Gasteiger partial charge on any atom is -0.302 e. The van der Waals surface area contributed by atoms with Crippen LogP contribution >= 0.6 is 11.3 Å². The molecule has 17 heavy (non-hydrogen) atoms. The maximum atomic E-state index is 12.5. The van der Waals surface area contributed by atoms with Gasteiger partial charge in [0.15, 0.2) is 0 Å². The van der Waals surface area contributed by atoms with Gasteiger partial charge in [-0.2, -0.15) is 0 Å². The minimum atomic E-state index is -0.206. The summed E-state index contributed by atoms with van der Waals surface area (Å²) in [5, 5.41) is 2.03. The van der Waals surface area contributed by atoms with Gasteiger partial charge in [-0.05, 0) is 44.4 Å². The van der Waals surface area contributed by atoms with Crippen molar-refractivity contribution < 1.29 is 0 Å². The zero-order valence-electron chi connectivity index (χ0n) is 10.1. The number of hydrogen-bond acceptors (Lipinski definition) is 2. The third kappa shape index (κ3) is 1.37. The first kappa shape index (κ1) is 10.6. The molecule has 0 amide bonds. The van der Waals surface area contributed by atoms with E-state index in [1.165, 1.54) is 0 Å². The molecule has 0 saturated heterocycles. The van der Waals surface area contributed by atoms with E-state index in [1.807, 2.05) is 38.7 Å². The van der Waals surface area contributed by atoms with Crippen LogP contribution in [0.5, 0.6) is 0 Å². The van der Waals surface area contributed by atoms with E-state index in [4.69, 9.17) is 0 Å². The first-order valence-corrected chi connectivity index (χ1v) is 6.48. The normalized spacial score (nSPS) is 12.6. The summed E-state index contributed by atoms with van der Waals surface area (Å²) in [5.74, 6) is 0. The zero-order valence-corrected chi connectivity index (χ0v) is 10.9. The highest BCUT2D eigenvalue weighted by atomic mass is 32.1. The maximum Gasteiger partial charge on any atom is 0.275 e. The monoisotopic (exact) mass is 246 g/mol. The van der Waals surface area contributed by atoms with E-state index < -0.39 is 0 Å². The number of rotatable bonds is 0. The summed E-state index contributed by atoms with van der Waals surface area (Å²) >= 11 is 1.66. The Morgan fingerprint density at radius 3 is 2.65 bits per heavy atom. The van der Waals surface area contributed by atoms with Crippen molar-refractivity contribution in [2.24, 2.45) is 0 Å². The highest BCUT2D eigenvalue weighted by Crippen LogP contribution is 2.25. The second-order valence-electron chi connectivity index (χ2n) is 5.19. The first-order chi connectivity index (χ1) is 8.00. The standard InChI is InChI=1S/C13H14N2OS/c1-13(2,3)15-10-6-8-17-12(10)14-7-4-5-9(14)11(15)16/h4-8H,1-3H3. The average Bonchev–Trinajstić information content (AvgIpc) is 2.80. The number of thiophene rings is 1. The van der Waals surface area contributed by atoms with E-state index in [1.54, 1.807) is 11.3 Å². The summed E-state index contributed by atoms with van der Waals surface area (Å²) in [6.45, 7) is 6.18. The summed E-state index contributed by atoms with van der Waals surface area (Å²) in [5.41, 5.74) is 1.63. The van der Waals surface area contributed by atoms with Crippen LogP contribution in [-0.2, 0) is 5.54 Å². The van der Waals surface area contributed by atoms with Crippen molar-refractivity contribution in [1.29, 1.82) is 0 Å². The molecule has 3 aromatic rings. The van der Waals surface area contributed by atoms with Gasteiger partial charge in [0.25, 0.3) is 5.56 Å². The molecule has 0 unspecified atom stereocenters. The molecule has 0 radical (unpaired) electrons. The Bertz CT molecular complexity index is 755. The fraction of sp³-hybridized carbons (Fsp3) is 0.308. The Kier molecular flexibility index (Phi) is 2.01. The van der Waals surface area contributed by atoms with E-state index in [0.717, 1.165) is 15.9 Å². The second kappa shape index (κ2) is 3.23. The molecule has 0 fully saturated rings. The summed E-state index contributed by atoms with van der Waals surface area (Å²) in [7, 11) is 0. The molecule has 0 spiro atoms. The lowest BCUT2D eigenvalue weighted by molar-refractivity contribution is 0.399.